The molecule has 1 N–H and O–H groups in total. The molecule has 36 heavy (non-hydrogen) atoms. The smallest absolute Gasteiger partial charge is 0.287 e. The summed E-state index contributed by atoms with van der Waals surface area (Å²) in [6, 6.07) is 20.3. The van der Waals surface area contributed by atoms with Crippen LogP contribution in [-0.4, -0.2) is 15.8 Å². The number of nitro benzene ring substituents is 1. The molecule has 0 aromatic heterocycles. The fourth-order valence-electron chi connectivity index (χ4n) is 5.56. The minimum Gasteiger partial charge on any atom is -0.411 e. The van der Waals surface area contributed by atoms with Gasteiger partial charge in [0.05, 0.1) is 15.5 Å². The minimum absolute atomic E-state index is 0.161. The highest BCUT2D eigenvalue weighted by molar-refractivity contribution is 7.99. The van der Waals surface area contributed by atoms with Crippen LogP contribution >= 0.6 is 11.8 Å². The van der Waals surface area contributed by atoms with Crippen LogP contribution in [0.4, 0.5) is 5.69 Å². The third-order valence-corrected chi connectivity index (χ3v) is 8.26. The van der Waals surface area contributed by atoms with Gasteiger partial charge in [-0.1, -0.05) is 98.9 Å². The number of rotatable bonds is 11. The fraction of sp³-hybridized carbons (Fsp3) is 0.367. The van der Waals surface area contributed by atoms with Crippen molar-refractivity contribution in [1.82, 2.24) is 0 Å². The Morgan fingerprint density at radius 1 is 1.00 bits per heavy atom. The molecule has 5 nitrogen and oxygen atoms in total. The summed E-state index contributed by atoms with van der Waals surface area (Å²) in [7, 11) is 0. The van der Waals surface area contributed by atoms with Gasteiger partial charge in [-0.2, -0.15) is 0 Å². The van der Waals surface area contributed by atoms with E-state index in [9.17, 15) is 15.3 Å². The Labute approximate surface area is 217 Å². The fourth-order valence-corrected chi connectivity index (χ4v) is 6.52. The molecule has 0 aliphatic heterocycles. The van der Waals surface area contributed by atoms with Crippen LogP contribution in [0.5, 0.6) is 0 Å². The van der Waals surface area contributed by atoms with Gasteiger partial charge in [0.25, 0.3) is 5.69 Å². The van der Waals surface area contributed by atoms with Gasteiger partial charge in [0.1, 0.15) is 0 Å². The number of unbranched alkanes of at least 4 members (excludes halogenated alkanes) is 2. The second-order valence-corrected chi connectivity index (χ2v) is 10.8. The average Bonchev–Trinajstić information content (AvgIpc) is 3.15. The van der Waals surface area contributed by atoms with Gasteiger partial charge >= 0.3 is 0 Å². The molecule has 0 saturated carbocycles. The van der Waals surface area contributed by atoms with Crippen molar-refractivity contribution < 1.29 is 10.1 Å². The molecule has 0 unspecified atom stereocenters. The second-order valence-electron chi connectivity index (χ2n) is 9.69. The molecule has 4 rings (SSSR count). The van der Waals surface area contributed by atoms with E-state index in [1.165, 1.54) is 17.3 Å². The Hall–Kier alpha value is -3.12. The molecular formula is C30H34N2O3S. The van der Waals surface area contributed by atoms with Crippen LogP contribution in [0.25, 0.3) is 11.1 Å². The van der Waals surface area contributed by atoms with Crippen LogP contribution in [0.1, 0.15) is 76.0 Å². The summed E-state index contributed by atoms with van der Waals surface area (Å²) in [5, 5.41) is 25.4. The Morgan fingerprint density at radius 3 is 2.28 bits per heavy atom. The lowest BCUT2D eigenvalue weighted by molar-refractivity contribution is -0.388. The third kappa shape index (κ3) is 4.92. The molecule has 0 spiro atoms. The molecular weight excluding hydrogens is 468 g/mol. The number of nitro groups is 1. The van der Waals surface area contributed by atoms with E-state index < -0.39 is 5.41 Å². The molecule has 0 amide bonds. The van der Waals surface area contributed by atoms with Gasteiger partial charge in [-0.15, -0.1) is 0 Å². The zero-order chi connectivity index (χ0) is 25.7. The predicted octanol–water partition coefficient (Wildman–Crippen LogP) is 8.79. The summed E-state index contributed by atoms with van der Waals surface area (Å²) >= 11 is 1.47. The normalized spacial score (nSPS) is 13.9. The predicted molar refractivity (Wildman–Crippen MR) is 148 cm³/mol. The molecule has 1 aliphatic rings. The van der Waals surface area contributed by atoms with Crippen molar-refractivity contribution in [1.29, 1.82) is 0 Å². The SMILES string of the molecule is CCCCC1(CCCC)c2cc(CC(C)=NO)ccc2-c2ccc(Sc3ccccc3)c([N+](=O)[O-])c21. The molecule has 3 aromatic rings. The number of hydrogen-bond acceptors (Lipinski definition) is 5. The van der Waals surface area contributed by atoms with Crippen LogP contribution < -0.4 is 0 Å². The van der Waals surface area contributed by atoms with E-state index in [1.54, 1.807) is 6.92 Å². The Bertz CT molecular complexity index is 1260. The lowest BCUT2D eigenvalue weighted by Crippen LogP contribution is -2.27. The first-order chi connectivity index (χ1) is 17.4. The minimum atomic E-state index is -0.410. The molecule has 0 atom stereocenters. The monoisotopic (exact) mass is 502 g/mol. The summed E-state index contributed by atoms with van der Waals surface area (Å²) in [6.07, 6.45) is 6.35. The first kappa shape index (κ1) is 26.0. The summed E-state index contributed by atoms with van der Waals surface area (Å²) < 4.78 is 0. The summed E-state index contributed by atoms with van der Waals surface area (Å²) in [4.78, 5) is 14.3. The molecule has 0 fully saturated rings. The molecule has 6 heteroatoms. The van der Waals surface area contributed by atoms with Gasteiger partial charge in [-0.05, 0) is 60.2 Å². The van der Waals surface area contributed by atoms with Crippen molar-refractivity contribution in [2.24, 2.45) is 5.16 Å². The maximum Gasteiger partial charge on any atom is 0.287 e. The topological polar surface area (TPSA) is 75.7 Å². The summed E-state index contributed by atoms with van der Waals surface area (Å²) in [6.45, 7) is 6.16. The lowest BCUT2D eigenvalue weighted by Gasteiger charge is -2.32. The van der Waals surface area contributed by atoms with Crippen LogP contribution in [0.3, 0.4) is 0 Å². The van der Waals surface area contributed by atoms with E-state index in [4.69, 9.17) is 0 Å². The zero-order valence-corrected chi connectivity index (χ0v) is 22.1. The van der Waals surface area contributed by atoms with Crippen LogP contribution in [0.15, 0.2) is 75.6 Å². The van der Waals surface area contributed by atoms with Crippen LogP contribution in [0, 0.1) is 10.1 Å². The van der Waals surface area contributed by atoms with E-state index >= 15 is 0 Å². The number of nitrogens with zero attached hydrogens (tertiary/aromatic N) is 2. The average molecular weight is 503 g/mol. The highest BCUT2D eigenvalue weighted by Crippen LogP contribution is 2.59. The van der Waals surface area contributed by atoms with Gasteiger partial charge < -0.3 is 5.21 Å². The standard InChI is InChI=1S/C30H34N2O3S/c1-4-6-17-30(18-7-5-2)26-20-22(19-21(3)31-33)13-14-24(26)25-15-16-27(29(28(25)30)32(34)35)36-23-11-9-8-10-12-23/h8-16,20,33H,4-7,17-19H2,1-3H3. The van der Waals surface area contributed by atoms with E-state index in [0.717, 1.165) is 65.7 Å². The van der Waals surface area contributed by atoms with Crippen molar-refractivity contribution in [3.63, 3.8) is 0 Å². The molecule has 0 bridgehead atoms. The molecule has 0 saturated heterocycles. The number of benzene rings is 3. The first-order valence-electron chi connectivity index (χ1n) is 12.8. The van der Waals surface area contributed by atoms with Crippen molar-refractivity contribution in [3.05, 3.63) is 87.5 Å². The van der Waals surface area contributed by atoms with Gasteiger partial charge in [0, 0.05) is 22.3 Å². The van der Waals surface area contributed by atoms with Crippen molar-refractivity contribution in [3.8, 4) is 11.1 Å². The third-order valence-electron chi connectivity index (χ3n) is 7.21. The highest BCUT2D eigenvalue weighted by Gasteiger charge is 2.47. The molecule has 3 aromatic carbocycles. The maximum absolute atomic E-state index is 12.8. The van der Waals surface area contributed by atoms with Crippen molar-refractivity contribution in [2.45, 2.75) is 80.9 Å². The number of oxime groups is 1. The second kappa shape index (κ2) is 11.3. The van der Waals surface area contributed by atoms with E-state index in [2.05, 4.69) is 43.3 Å². The van der Waals surface area contributed by atoms with Gasteiger partial charge in [-0.3, -0.25) is 10.1 Å². The lowest BCUT2D eigenvalue weighted by atomic mass is 9.70. The van der Waals surface area contributed by atoms with Gasteiger partial charge in [0.2, 0.25) is 0 Å². The molecule has 1 aliphatic carbocycles. The summed E-state index contributed by atoms with van der Waals surface area (Å²) in [5.41, 5.74) is 5.70. The first-order valence-corrected chi connectivity index (χ1v) is 13.6. The molecule has 0 radical (unpaired) electrons. The molecule has 0 heterocycles. The zero-order valence-electron chi connectivity index (χ0n) is 21.3. The Balaban J connectivity index is 1.97. The van der Waals surface area contributed by atoms with Gasteiger partial charge in [0.15, 0.2) is 0 Å². The summed E-state index contributed by atoms with van der Waals surface area (Å²) in [5.74, 6) is 0. The van der Waals surface area contributed by atoms with E-state index in [0.29, 0.717) is 17.0 Å². The number of hydrogen-bond donors (Lipinski definition) is 1. The Morgan fingerprint density at radius 2 is 1.67 bits per heavy atom. The molecule has 188 valence electrons. The Kier molecular flexibility index (Phi) is 8.14. The van der Waals surface area contributed by atoms with Crippen LogP contribution in [-0.2, 0) is 11.8 Å². The maximum atomic E-state index is 12.8. The van der Waals surface area contributed by atoms with Crippen LogP contribution in [0.2, 0.25) is 0 Å². The van der Waals surface area contributed by atoms with E-state index in [-0.39, 0.29) is 10.6 Å². The van der Waals surface area contributed by atoms with Crippen molar-refractivity contribution in [2.75, 3.05) is 0 Å². The van der Waals surface area contributed by atoms with Crippen molar-refractivity contribution >= 4 is 23.2 Å². The quantitative estimate of drug-likeness (QED) is 0.123. The largest absolute Gasteiger partial charge is 0.411 e. The van der Waals surface area contributed by atoms with E-state index in [1.807, 2.05) is 36.4 Å². The van der Waals surface area contributed by atoms with Gasteiger partial charge in [-0.25, -0.2) is 0 Å². The highest BCUT2D eigenvalue weighted by atomic mass is 32.2. The number of fused-ring (bicyclic) bond motifs is 3.